The van der Waals surface area contributed by atoms with Crippen LogP contribution in [0.5, 0.6) is 0 Å². The van der Waals surface area contributed by atoms with Crippen molar-refractivity contribution in [3.05, 3.63) is 35.9 Å². The topological polar surface area (TPSA) is 117 Å². The minimum atomic E-state index is -4.74. The van der Waals surface area contributed by atoms with Gasteiger partial charge in [-0.2, -0.15) is 28.5 Å². The summed E-state index contributed by atoms with van der Waals surface area (Å²) in [6.45, 7) is 11.6. The van der Waals surface area contributed by atoms with Crippen LogP contribution < -0.4 is 4.90 Å². The van der Waals surface area contributed by atoms with Crippen LogP contribution in [0.1, 0.15) is 83.5 Å². The number of aryl methyl sites for hydroxylation is 1. The average molecular weight is 700 g/mol. The summed E-state index contributed by atoms with van der Waals surface area (Å²) >= 11 is 0. The maximum atomic E-state index is 15.3. The van der Waals surface area contributed by atoms with Crippen molar-refractivity contribution in [2.75, 3.05) is 44.4 Å². The molecule has 50 heavy (non-hydrogen) atoms. The molecular formula is C34H44F3N9O4. The summed E-state index contributed by atoms with van der Waals surface area (Å²) in [7, 11) is 0. The van der Waals surface area contributed by atoms with Crippen LogP contribution in [-0.2, 0) is 20.4 Å². The van der Waals surface area contributed by atoms with E-state index in [4.69, 9.17) is 19.2 Å². The predicted octanol–water partition coefficient (Wildman–Crippen LogP) is 6.28. The molecule has 3 aliphatic heterocycles. The molecule has 0 saturated carbocycles. The minimum absolute atomic E-state index is 0.0552. The summed E-state index contributed by atoms with van der Waals surface area (Å²) in [5, 5.41) is 13.8. The largest absolute Gasteiger partial charge is 0.444 e. The molecule has 7 heterocycles. The Bertz CT molecular complexity index is 1850. The van der Waals surface area contributed by atoms with Gasteiger partial charge in [0.1, 0.15) is 11.4 Å². The summed E-state index contributed by atoms with van der Waals surface area (Å²) < 4.78 is 67.6. The lowest BCUT2D eigenvalue weighted by atomic mass is 10.0. The molecule has 4 aromatic rings. The first kappa shape index (κ1) is 34.3. The fourth-order valence-corrected chi connectivity index (χ4v) is 7.21. The fraction of sp³-hybridized carbons (Fsp3) is 0.618. The smallest absolute Gasteiger partial charge is 0.433 e. The molecule has 3 aliphatic rings. The third-order valence-electron chi connectivity index (χ3n) is 9.57. The van der Waals surface area contributed by atoms with Crippen LogP contribution in [0.25, 0.3) is 28.2 Å². The number of carbonyl (C=O) groups excluding carboxylic acids is 1. The normalized spacial score (nSPS) is 21.3. The van der Waals surface area contributed by atoms with Gasteiger partial charge in [-0.1, -0.05) is 0 Å². The van der Waals surface area contributed by atoms with Gasteiger partial charge >= 0.3 is 12.3 Å². The number of nitrogens with zero attached hydrogens (tertiary/aromatic N) is 9. The number of amides is 1. The predicted molar refractivity (Wildman–Crippen MR) is 178 cm³/mol. The standard InChI is InChI=1S/C34H44F3N9O4/c1-21-20-48-17-15-43(21)27-18-26(46-31(40-27)24(19-39-46)25-9-12-38-45(25)28-8-6-7-16-49-28)29-22(2)41-44(30(29)34(35,36)37)23-10-13-42(14-11-23)32(47)50-33(3,4)5/h9,12,18-19,21,23,28H,6-8,10-11,13-17,20H2,1-5H3/t21-,28?/m1/s1. The number of ether oxygens (including phenoxy) is 3. The minimum Gasteiger partial charge on any atom is -0.444 e. The number of hydrogen-bond acceptors (Lipinski definition) is 9. The van der Waals surface area contributed by atoms with Crippen LogP contribution in [0.4, 0.5) is 23.8 Å². The van der Waals surface area contributed by atoms with E-state index < -0.39 is 29.6 Å². The van der Waals surface area contributed by atoms with Crippen LogP contribution in [0.15, 0.2) is 24.5 Å². The first-order valence-electron chi connectivity index (χ1n) is 17.3. The number of anilines is 1. The number of rotatable bonds is 5. The molecule has 1 amide bonds. The SMILES string of the molecule is Cc1nn(C2CCN(C(=O)OC(C)(C)C)CC2)c(C(F)(F)F)c1-c1cc(N2CCOC[C@H]2C)nc2c(-c3ccnn3C3CCCCO3)cnn12. The highest BCUT2D eigenvalue weighted by Gasteiger charge is 2.43. The molecule has 0 aromatic carbocycles. The Morgan fingerprint density at radius 1 is 1.00 bits per heavy atom. The Kier molecular flexibility index (Phi) is 9.03. The van der Waals surface area contributed by atoms with Crippen molar-refractivity contribution in [1.29, 1.82) is 0 Å². The van der Waals surface area contributed by atoms with Crippen LogP contribution in [0.2, 0.25) is 0 Å². The van der Waals surface area contributed by atoms with E-state index in [9.17, 15) is 4.79 Å². The third-order valence-corrected chi connectivity index (χ3v) is 9.57. The highest BCUT2D eigenvalue weighted by molar-refractivity contribution is 5.80. The van der Waals surface area contributed by atoms with Gasteiger partial charge in [-0.25, -0.2) is 19.0 Å². The highest BCUT2D eigenvalue weighted by Crippen LogP contribution is 2.43. The van der Waals surface area contributed by atoms with Crippen LogP contribution in [0, 0.1) is 6.92 Å². The zero-order valence-corrected chi connectivity index (χ0v) is 29.1. The molecule has 0 radical (unpaired) electrons. The molecule has 0 aliphatic carbocycles. The van der Waals surface area contributed by atoms with Crippen LogP contribution in [0.3, 0.4) is 0 Å². The molecule has 7 rings (SSSR count). The average Bonchev–Trinajstić information content (AvgIpc) is 3.81. The van der Waals surface area contributed by atoms with Crippen molar-refractivity contribution in [1.82, 2.24) is 39.1 Å². The van der Waals surface area contributed by atoms with Crippen molar-refractivity contribution < 1.29 is 32.2 Å². The molecule has 4 aromatic heterocycles. The van der Waals surface area contributed by atoms with Gasteiger partial charge in [-0.3, -0.25) is 4.68 Å². The molecule has 3 fully saturated rings. The second-order valence-corrected chi connectivity index (χ2v) is 14.3. The number of aromatic nitrogens is 7. The maximum absolute atomic E-state index is 15.3. The van der Waals surface area contributed by atoms with E-state index in [2.05, 4.69) is 20.2 Å². The Hall–Kier alpha value is -4.18. The number of fused-ring (bicyclic) bond motifs is 1. The first-order chi connectivity index (χ1) is 23.8. The summed E-state index contributed by atoms with van der Waals surface area (Å²) in [6, 6.07) is 2.91. The summed E-state index contributed by atoms with van der Waals surface area (Å²) in [5.74, 6) is 0.524. The van der Waals surface area contributed by atoms with E-state index in [0.717, 1.165) is 29.6 Å². The number of halogens is 3. The number of piperidine rings is 1. The quantitative estimate of drug-likeness (QED) is 0.237. The van der Waals surface area contributed by atoms with E-state index >= 15 is 13.2 Å². The van der Waals surface area contributed by atoms with Crippen molar-refractivity contribution in [2.24, 2.45) is 0 Å². The van der Waals surface area contributed by atoms with Crippen molar-refractivity contribution in [3.63, 3.8) is 0 Å². The maximum Gasteiger partial charge on any atom is 0.433 e. The lowest BCUT2D eigenvalue weighted by Crippen LogP contribution is -2.44. The highest BCUT2D eigenvalue weighted by atomic mass is 19.4. The molecule has 0 bridgehead atoms. The molecule has 3 saturated heterocycles. The number of morpholine rings is 1. The Labute approximate surface area is 288 Å². The zero-order valence-electron chi connectivity index (χ0n) is 29.1. The van der Waals surface area contributed by atoms with Crippen LogP contribution in [-0.4, -0.2) is 96.2 Å². The van der Waals surface area contributed by atoms with Gasteiger partial charge in [0.2, 0.25) is 0 Å². The molecule has 270 valence electrons. The molecular weight excluding hydrogens is 655 g/mol. The van der Waals surface area contributed by atoms with E-state index in [1.807, 2.05) is 17.7 Å². The summed E-state index contributed by atoms with van der Waals surface area (Å²) in [4.78, 5) is 21.3. The molecule has 13 nitrogen and oxygen atoms in total. The van der Waals surface area contributed by atoms with Crippen LogP contribution >= 0.6 is 0 Å². The molecule has 0 N–H and O–H groups in total. The summed E-state index contributed by atoms with van der Waals surface area (Å²) in [6.07, 6.45) is 1.22. The van der Waals surface area contributed by atoms with Crippen molar-refractivity contribution >= 4 is 17.6 Å². The number of alkyl halides is 3. The second-order valence-electron chi connectivity index (χ2n) is 14.3. The lowest BCUT2D eigenvalue weighted by Gasteiger charge is -2.34. The van der Waals surface area contributed by atoms with Gasteiger partial charge < -0.3 is 24.0 Å². The van der Waals surface area contributed by atoms with Crippen molar-refractivity contribution in [3.8, 4) is 22.5 Å². The molecule has 2 atom stereocenters. The van der Waals surface area contributed by atoms with E-state index in [1.165, 1.54) is 4.52 Å². The van der Waals surface area contributed by atoms with Gasteiger partial charge in [-0.05, 0) is 72.8 Å². The van der Waals surface area contributed by atoms with Gasteiger partial charge in [0.05, 0.1) is 59.7 Å². The van der Waals surface area contributed by atoms with Gasteiger partial charge in [0.15, 0.2) is 17.6 Å². The molecule has 0 spiro atoms. The number of likely N-dealkylation sites (tertiary alicyclic amines) is 1. The van der Waals surface area contributed by atoms with Gasteiger partial charge in [0.25, 0.3) is 0 Å². The molecule has 1 unspecified atom stereocenters. The number of hydrogen-bond donors (Lipinski definition) is 0. The Balaban J connectivity index is 1.34. The Morgan fingerprint density at radius 2 is 1.78 bits per heavy atom. The van der Waals surface area contributed by atoms with Gasteiger partial charge in [0, 0.05) is 38.5 Å². The molecule has 16 heteroatoms. The Morgan fingerprint density at radius 3 is 2.46 bits per heavy atom. The van der Waals surface area contributed by atoms with E-state index in [0.29, 0.717) is 56.2 Å². The van der Waals surface area contributed by atoms with E-state index in [-0.39, 0.29) is 42.3 Å². The van der Waals surface area contributed by atoms with E-state index in [1.54, 1.807) is 51.1 Å². The van der Waals surface area contributed by atoms with Gasteiger partial charge in [-0.15, -0.1) is 0 Å². The lowest BCUT2D eigenvalue weighted by molar-refractivity contribution is -0.144. The fourth-order valence-electron chi connectivity index (χ4n) is 7.21. The summed E-state index contributed by atoms with van der Waals surface area (Å²) in [5.41, 5.74) is 0.633. The first-order valence-corrected chi connectivity index (χ1v) is 17.3. The monoisotopic (exact) mass is 699 g/mol. The van der Waals surface area contributed by atoms with Crippen molar-refractivity contribution in [2.45, 2.75) is 96.8 Å². The second kappa shape index (κ2) is 13.2. The third kappa shape index (κ3) is 6.54. The number of carbonyl (C=O) groups is 1. The zero-order chi connectivity index (χ0) is 35.4.